The zero-order valence-corrected chi connectivity index (χ0v) is 6.50. The summed E-state index contributed by atoms with van der Waals surface area (Å²) in [7, 11) is 0. The van der Waals surface area contributed by atoms with Crippen LogP contribution in [-0.4, -0.2) is 19.4 Å². The van der Waals surface area contributed by atoms with Crippen molar-refractivity contribution in [2.24, 2.45) is 0 Å². The van der Waals surface area contributed by atoms with Gasteiger partial charge in [-0.25, -0.2) is 13.6 Å². The van der Waals surface area contributed by atoms with Crippen LogP contribution in [0.25, 0.3) is 0 Å². The summed E-state index contributed by atoms with van der Waals surface area (Å²) in [5, 5.41) is 7.05. The molecule has 64 valence electrons. The van der Waals surface area contributed by atoms with E-state index < -0.39 is 16.6 Å². The molecule has 6 nitrogen and oxygen atoms in total. The minimum atomic E-state index is -1.22. The Hall–Kier alpha value is -1.50. The van der Waals surface area contributed by atoms with Crippen LogP contribution in [0.4, 0.5) is 4.79 Å². The lowest BCUT2D eigenvalue weighted by atomic mass is 10.7. The molecule has 0 aliphatic heterocycles. The second-order valence-electron chi connectivity index (χ2n) is 1.79. The van der Waals surface area contributed by atoms with Crippen molar-refractivity contribution in [3.8, 4) is 0 Å². The summed E-state index contributed by atoms with van der Waals surface area (Å²) in [4.78, 5) is 33.3. The van der Waals surface area contributed by atoms with Crippen molar-refractivity contribution in [1.29, 1.82) is 0 Å². The van der Waals surface area contributed by atoms with Crippen molar-refractivity contribution >= 4 is 17.2 Å². The predicted octanol–water partition coefficient (Wildman–Crippen LogP) is -0.289. The Morgan fingerprint density at radius 3 is 2.75 bits per heavy atom. The van der Waals surface area contributed by atoms with E-state index in [0.717, 1.165) is 16.2 Å². The first-order valence-electron chi connectivity index (χ1n) is 2.83. The average molecular weight is 188 g/mol. The summed E-state index contributed by atoms with van der Waals surface area (Å²) in [5.74, 6) is 0. The molecule has 0 bridgehead atoms. The van der Waals surface area contributed by atoms with E-state index in [0.29, 0.717) is 0 Å². The third kappa shape index (κ3) is 1.99. The fraction of sp³-hybridized carbons (Fsp3) is 0. The standard InChI is InChI=1S/C5H4N2O4S/c8-3-1-2-7(4(9)6-3)12-5(10)11/h1-2H,(H,10,11)(H,6,8,9). The van der Waals surface area contributed by atoms with Crippen molar-refractivity contribution in [2.45, 2.75) is 0 Å². The van der Waals surface area contributed by atoms with Gasteiger partial charge in [0.1, 0.15) is 0 Å². The molecule has 0 saturated heterocycles. The van der Waals surface area contributed by atoms with Crippen LogP contribution in [0.2, 0.25) is 0 Å². The number of nitrogens with one attached hydrogen (secondary N) is 1. The Labute approximate surface area is 70.0 Å². The molecule has 12 heavy (non-hydrogen) atoms. The fourth-order valence-corrected chi connectivity index (χ4v) is 0.980. The van der Waals surface area contributed by atoms with Gasteiger partial charge in [0.2, 0.25) is 0 Å². The Bertz CT molecular complexity index is 406. The van der Waals surface area contributed by atoms with Gasteiger partial charge in [-0.3, -0.25) is 9.78 Å². The molecule has 2 N–H and O–H groups in total. The number of carboxylic acid groups (broad SMARTS) is 1. The van der Waals surface area contributed by atoms with E-state index in [1.165, 1.54) is 0 Å². The Kier molecular flexibility index (Phi) is 2.34. The molecule has 1 aromatic heterocycles. The van der Waals surface area contributed by atoms with Crippen molar-refractivity contribution in [1.82, 2.24) is 8.96 Å². The topological polar surface area (TPSA) is 92.2 Å². The van der Waals surface area contributed by atoms with Crippen molar-refractivity contribution in [2.75, 3.05) is 0 Å². The number of nitrogens with zero attached hydrogens (tertiary/aromatic N) is 1. The summed E-state index contributed by atoms with van der Waals surface area (Å²) in [6, 6.07) is 1.07. The number of hydrogen-bond acceptors (Lipinski definition) is 4. The average Bonchev–Trinajstić information content (AvgIpc) is 1.94. The molecule has 1 heterocycles. The molecular weight excluding hydrogens is 184 g/mol. The summed E-state index contributed by atoms with van der Waals surface area (Å²) >= 11 is 0.284. The van der Waals surface area contributed by atoms with Crippen molar-refractivity contribution in [3.63, 3.8) is 0 Å². The molecule has 0 spiro atoms. The first-order valence-corrected chi connectivity index (χ1v) is 3.60. The van der Waals surface area contributed by atoms with E-state index >= 15 is 0 Å². The number of aromatic nitrogens is 2. The molecule has 0 fully saturated rings. The highest BCUT2D eigenvalue weighted by Crippen LogP contribution is 1.99. The van der Waals surface area contributed by atoms with Crippen LogP contribution in [0.15, 0.2) is 21.9 Å². The molecule has 0 atom stereocenters. The minimum Gasteiger partial charge on any atom is -0.472 e. The van der Waals surface area contributed by atoms with E-state index in [4.69, 9.17) is 5.11 Å². The summed E-state index contributed by atoms with van der Waals surface area (Å²) in [6.45, 7) is 0. The highest BCUT2D eigenvalue weighted by Gasteiger charge is 2.02. The van der Waals surface area contributed by atoms with Gasteiger partial charge in [-0.05, 0) is 0 Å². The largest absolute Gasteiger partial charge is 0.472 e. The van der Waals surface area contributed by atoms with Gasteiger partial charge < -0.3 is 5.11 Å². The number of H-pyrrole nitrogens is 1. The summed E-state index contributed by atoms with van der Waals surface area (Å²) < 4.78 is 0.809. The monoisotopic (exact) mass is 188 g/mol. The lowest BCUT2D eigenvalue weighted by Gasteiger charge is -1.95. The number of rotatable bonds is 1. The smallest absolute Gasteiger partial charge is 0.386 e. The molecule has 0 unspecified atom stereocenters. The van der Waals surface area contributed by atoms with Gasteiger partial charge in [0.05, 0.1) is 11.9 Å². The second-order valence-corrected chi connectivity index (χ2v) is 2.72. The lowest BCUT2D eigenvalue weighted by Crippen LogP contribution is -2.26. The minimum absolute atomic E-state index is 0.284. The molecule has 0 aromatic carbocycles. The lowest BCUT2D eigenvalue weighted by molar-refractivity contribution is 0.222. The van der Waals surface area contributed by atoms with Crippen LogP contribution < -0.4 is 11.2 Å². The summed E-state index contributed by atoms with van der Waals surface area (Å²) in [6.07, 6.45) is 1.10. The van der Waals surface area contributed by atoms with Gasteiger partial charge in [0, 0.05) is 12.3 Å². The van der Waals surface area contributed by atoms with E-state index in [1.807, 2.05) is 4.98 Å². The van der Waals surface area contributed by atoms with E-state index in [9.17, 15) is 14.4 Å². The van der Waals surface area contributed by atoms with Gasteiger partial charge in [0.25, 0.3) is 5.56 Å². The maximum absolute atomic E-state index is 10.8. The third-order valence-electron chi connectivity index (χ3n) is 0.968. The third-order valence-corrected chi connectivity index (χ3v) is 1.61. The number of hydrogen-bond donors (Lipinski definition) is 2. The fourth-order valence-electron chi connectivity index (χ4n) is 0.561. The van der Waals surface area contributed by atoms with E-state index in [-0.39, 0.29) is 11.9 Å². The maximum Gasteiger partial charge on any atom is 0.386 e. The first-order chi connectivity index (χ1) is 5.59. The quantitative estimate of drug-likeness (QED) is 0.631. The van der Waals surface area contributed by atoms with E-state index in [1.54, 1.807) is 0 Å². The van der Waals surface area contributed by atoms with Gasteiger partial charge in [-0.15, -0.1) is 0 Å². The van der Waals surface area contributed by atoms with Crippen LogP contribution in [0.1, 0.15) is 0 Å². The zero-order chi connectivity index (χ0) is 9.14. The van der Waals surface area contributed by atoms with Crippen molar-refractivity contribution < 1.29 is 9.90 Å². The van der Waals surface area contributed by atoms with Crippen LogP contribution >= 0.6 is 11.9 Å². The van der Waals surface area contributed by atoms with E-state index in [2.05, 4.69) is 0 Å². The van der Waals surface area contributed by atoms with Crippen molar-refractivity contribution in [3.05, 3.63) is 33.1 Å². The molecule has 0 saturated carbocycles. The van der Waals surface area contributed by atoms with Gasteiger partial charge in [-0.1, -0.05) is 0 Å². The number of carbonyl (C=O) groups is 1. The molecule has 0 radical (unpaired) electrons. The van der Waals surface area contributed by atoms with Crippen LogP contribution in [0, 0.1) is 0 Å². The molecule has 1 aromatic rings. The van der Waals surface area contributed by atoms with Crippen LogP contribution in [0.5, 0.6) is 0 Å². The molecular formula is C5H4N2O4S. The Balaban J connectivity index is 3.10. The van der Waals surface area contributed by atoms with Gasteiger partial charge in [0.15, 0.2) is 0 Å². The molecule has 7 heteroatoms. The summed E-state index contributed by atoms with van der Waals surface area (Å²) in [5.41, 5.74) is -1.31. The second kappa shape index (κ2) is 3.26. The predicted molar refractivity (Wildman–Crippen MR) is 42.3 cm³/mol. The molecule has 0 aliphatic rings. The zero-order valence-electron chi connectivity index (χ0n) is 5.68. The normalized spacial score (nSPS) is 9.67. The number of aromatic amines is 1. The van der Waals surface area contributed by atoms with Gasteiger partial charge >= 0.3 is 11.0 Å². The van der Waals surface area contributed by atoms with Gasteiger partial charge in [-0.2, -0.15) is 0 Å². The highest BCUT2D eigenvalue weighted by atomic mass is 32.2. The maximum atomic E-state index is 10.8. The molecule has 0 aliphatic carbocycles. The highest BCUT2D eigenvalue weighted by molar-refractivity contribution is 8.11. The van der Waals surface area contributed by atoms with Crippen LogP contribution in [0.3, 0.4) is 0 Å². The Morgan fingerprint density at radius 1 is 1.58 bits per heavy atom. The first kappa shape index (κ1) is 8.60. The molecule has 0 amide bonds. The SMILES string of the molecule is O=C(O)Sn1ccc(=O)[nH]c1=O. The molecule has 1 rings (SSSR count). The van der Waals surface area contributed by atoms with Crippen LogP contribution in [-0.2, 0) is 0 Å². The Morgan fingerprint density at radius 2 is 2.25 bits per heavy atom.